The Morgan fingerprint density at radius 2 is 1.68 bits per heavy atom. The summed E-state index contributed by atoms with van der Waals surface area (Å²) in [7, 11) is -3.95. The third-order valence-corrected chi connectivity index (χ3v) is 5.93. The van der Waals surface area contributed by atoms with Crippen molar-refractivity contribution in [2.75, 3.05) is 6.54 Å². The number of pyridine rings is 1. The molecule has 31 heavy (non-hydrogen) atoms. The lowest BCUT2D eigenvalue weighted by Crippen LogP contribution is -2.30. The van der Waals surface area contributed by atoms with E-state index >= 15 is 0 Å². The number of nitrogens with zero attached hydrogens (tertiary/aromatic N) is 1. The fourth-order valence-corrected chi connectivity index (χ4v) is 4.07. The highest BCUT2D eigenvalue weighted by Crippen LogP contribution is 2.24. The third-order valence-electron chi connectivity index (χ3n) is 4.49. The van der Waals surface area contributed by atoms with Gasteiger partial charge in [0.2, 0.25) is 10.0 Å². The molecule has 3 rings (SSSR count). The molecule has 0 aliphatic rings. The van der Waals surface area contributed by atoms with E-state index in [2.05, 4.69) is 15.0 Å². The van der Waals surface area contributed by atoms with E-state index in [1.54, 1.807) is 24.4 Å². The van der Waals surface area contributed by atoms with Crippen LogP contribution in [0.2, 0.25) is 0 Å². The molecule has 0 saturated carbocycles. The summed E-state index contributed by atoms with van der Waals surface area (Å²) < 4.78 is 28.8. The van der Waals surface area contributed by atoms with E-state index in [0.29, 0.717) is 5.69 Å². The van der Waals surface area contributed by atoms with Crippen LogP contribution in [0.15, 0.2) is 77.8 Å². The Bertz CT molecular complexity index is 1160. The Morgan fingerprint density at radius 1 is 1.00 bits per heavy atom. The number of aromatic nitrogens is 1. The summed E-state index contributed by atoms with van der Waals surface area (Å²) in [5.74, 6) is -1.78. The Hall–Kier alpha value is -3.56. The Balaban J connectivity index is 1.86. The van der Waals surface area contributed by atoms with Crippen molar-refractivity contribution in [1.82, 2.24) is 15.0 Å². The molecule has 3 aromatic rings. The van der Waals surface area contributed by atoms with Crippen LogP contribution >= 0.6 is 0 Å². The summed E-state index contributed by atoms with van der Waals surface area (Å²) in [6.07, 6.45) is 1.59. The maximum absolute atomic E-state index is 13.0. The molecule has 160 valence electrons. The number of sulfonamides is 1. The molecule has 1 atom stereocenters. The second-order valence-corrected chi connectivity index (χ2v) is 8.53. The van der Waals surface area contributed by atoms with Crippen LogP contribution in [0.25, 0.3) is 0 Å². The molecule has 1 amide bonds. The number of aliphatic carboxylic acids is 1. The summed E-state index contributed by atoms with van der Waals surface area (Å²) >= 11 is 0. The van der Waals surface area contributed by atoms with Crippen LogP contribution in [-0.4, -0.2) is 36.9 Å². The van der Waals surface area contributed by atoms with Gasteiger partial charge >= 0.3 is 5.97 Å². The second kappa shape index (κ2) is 9.50. The number of carbonyl (C=O) groups is 2. The zero-order valence-electron chi connectivity index (χ0n) is 16.6. The molecule has 3 N–H and O–H groups in total. The normalized spacial score (nSPS) is 12.2. The van der Waals surface area contributed by atoms with Gasteiger partial charge < -0.3 is 10.4 Å². The summed E-state index contributed by atoms with van der Waals surface area (Å²) in [4.78, 5) is 26.8. The first-order valence-corrected chi connectivity index (χ1v) is 10.8. The molecule has 0 bridgehead atoms. The molecule has 0 fully saturated rings. The average Bonchev–Trinajstić information content (AvgIpc) is 2.77. The van der Waals surface area contributed by atoms with E-state index in [0.717, 1.165) is 11.1 Å². The maximum atomic E-state index is 13.0. The van der Waals surface area contributed by atoms with Crippen LogP contribution in [0, 0.1) is 6.92 Å². The number of rotatable bonds is 8. The van der Waals surface area contributed by atoms with Gasteiger partial charge in [0.15, 0.2) is 0 Å². The summed E-state index contributed by atoms with van der Waals surface area (Å²) in [6.45, 7) is 1.42. The first-order chi connectivity index (χ1) is 14.8. The number of benzene rings is 2. The molecule has 1 unspecified atom stereocenters. The molecule has 8 nitrogen and oxygen atoms in total. The molecule has 1 aromatic heterocycles. The van der Waals surface area contributed by atoms with Crippen molar-refractivity contribution in [2.45, 2.75) is 17.9 Å². The number of hydrogen-bond donors (Lipinski definition) is 3. The van der Waals surface area contributed by atoms with Crippen molar-refractivity contribution in [2.24, 2.45) is 0 Å². The summed E-state index contributed by atoms with van der Waals surface area (Å²) in [5.41, 5.74) is 2.47. The van der Waals surface area contributed by atoms with Crippen molar-refractivity contribution < 1.29 is 23.1 Å². The van der Waals surface area contributed by atoms with Gasteiger partial charge in [0, 0.05) is 11.8 Å². The summed E-state index contributed by atoms with van der Waals surface area (Å²) in [6, 6.07) is 17.3. The third kappa shape index (κ3) is 5.74. The van der Waals surface area contributed by atoms with Crippen LogP contribution < -0.4 is 10.0 Å². The zero-order chi connectivity index (χ0) is 22.4. The fraction of sp³-hybridized carbons (Fsp3) is 0.136. The molecule has 0 saturated heterocycles. The van der Waals surface area contributed by atoms with Gasteiger partial charge in [-0.15, -0.1) is 0 Å². The number of amides is 1. The monoisotopic (exact) mass is 439 g/mol. The molecule has 2 aromatic carbocycles. The molecule has 9 heteroatoms. The van der Waals surface area contributed by atoms with Gasteiger partial charge in [-0.3, -0.25) is 14.6 Å². The van der Waals surface area contributed by atoms with Crippen molar-refractivity contribution in [3.8, 4) is 0 Å². The Morgan fingerprint density at radius 3 is 2.26 bits per heavy atom. The Labute approximate surface area is 180 Å². The molecule has 0 spiro atoms. The smallest absolute Gasteiger partial charge is 0.322 e. The van der Waals surface area contributed by atoms with Gasteiger partial charge in [0.05, 0.1) is 16.6 Å². The molecule has 0 aliphatic carbocycles. The molecular weight excluding hydrogens is 418 g/mol. The number of carboxylic acid groups (broad SMARTS) is 1. The van der Waals surface area contributed by atoms with Crippen LogP contribution in [0.5, 0.6) is 0 Å². The van der Waals surface area contributed by atoms with Gasteiger partial charge in [-0.2, -0.15) is 4.72 Å². The minimum Gasteiger partial charge on any atom is -0.480 e. The predicted molar refractivity (Wildman–Crippen MR) is 114 cm³/mol. The highest BCUT2D eigenvalue weighted by Gasteiger charge is 2.24. The number of carbonyl (C=O) groups excluding carboxylic acids is 1. The minimum absolute atomic E-state index is 0.0321. The molecular formula is C22H21N3O5S. The quantitative estimate of drug-likeness (QED) is 0.494. The van der Waals surface area contributed by atoms with Crippen LogP contribution in [-0.2, 0) is 14.8 Å². The second-order valence-electron chi connectivity index (χ2n) is 6.82. The number of aryl methyl sites for hydroxylation is 1. The molecule has 0 aliphatic heterocycles. The lowest BCUT2D eigenvalue weighted by atomic mass is 10.0. The SMILES string of the molecule is Cc1ccc(C(NS(=O)(=O)c2ccc(C(=O)NCC(=O)O)cc2)c2ccccn2)cc1. The first kappa shape index (κ1) is 22.1. The van der Waals surface area contributed by atoms with Gasteiger partial charge in [-0.05, 0) is 48.9 Å². The van der Waals surface area contributed by atoms with Crippen molar-refractivity contribution in [3.05, 3.63) is 95.3 Å². The predicted octanol–water partition coefficient (Wildman–Crippen LogP) is 2.27. The standard InChI is InChI=1S/C22H21N3O5S/c1-15-5-7-16(8-6-15)21(19-4-2-3-13-23-19)25-31(29,30)18-11-9-17(10-12-18)22(28)24-14-20(26)27/h2-13,21,25H,14H2,1H3,(H,24,28)(H,26,27). The van der Waals surface area contributed by atoms with Crippen LogP contribution in [0.1, 0.15) is 33.2 Å². The van der Waals surface area contributed by atoms with E-state index in [1.165, 1.54) is 24.3 Å². The van der Waals surface area contributed by atoms with Crippen molar-refractivity contribution in [3.63, 3.8) is 0 Å². The average molecular weight is 439 g/mol. The van der Waals surface area contributed by atoms with Gasteiger partial charge in [0.1, 0.15) is 6.54 Å². The number of nitrogens with one attached hydrogen (secondary N) is 2. The van der Waals surface area contributed by atoms with E-state index in [9.17, 15) is 18.0 Å². The maximum Gasteiger partial charge on any atom is 0.322 e. The molecule has 1 heterocycles. The van der Waals surface area contributed by atoms with Crippen molar-refractivity contribution in [1.29, 1.82) is 0 Å². The highest BCUT2D eigenvalue weighted by atomic mass is 32.2. The molecule has 0 radical (unpaired) electrons. The fourth-order valence-electron chi connectivity index (χ4n) is 2.87. The van der Waals surface area contributed by atoms with Crippen LogP contribution in [0.3, 0.4) is 0 Å². The Kier molecular flexibility index (Phi) is 6.78. The van der Waals surface area contributed by atoms with E-state index in [1.807, 2.05) is 31.2 Å². The van der Waals surface area contributed by atoms with E-state index < -0.39 is 34.5 Å². The first-order valence-electron chi connectivity index (χ1n) is 9.36. The topological polar surface area (TPSA) is 125 Å². The zero-order valence-corrected chi connectivity index (χ0v) is 17.5. The van der Waals surface area contributed by atoms with Crippen molar-refractivity contribution >= 4 is 21.9 Å². The van der Waals surface area contributed by atoms with E-state index in [4.69, 9.17) is 5.11 Å². The number of carboxylic acids is 1. The number of hydrogen-bond acceptors (Lipinski definition) is 5. The van der Waals surface area contributed by atoms with Crippen LogP contribution in [0.4, 0.5) is 0 Å². The highest BCUT2D eigenvalue weighted by molar-refractivity contribution is 7.89. The largest absolute Gasteiger partial charge is 0.480 e. The van der Waals surface area contributed by atoms with Gasteiger partial charge in [-0.25, -0.2) is 8.42 Å². The van der Waals surface area contributed by atoms with Gasteiger partial charge in [-0.1, -0.05) is 35.9 Å². The summed E-state index contributed by atoms with van der Waals surface area (Å²) in [5, 5.41) is 10.9. The minimum atomic E-state index is -3.95. The van der Waals surface area contributed by atoms with Gasteiger partial charge in [0.25, 0.3) is 5.91 Å². The lowest BCUT2D eigenvalue weighted by molar-refractivity contribution is -0.135. The lowest BCUT2D eigenvalue weighted by Gasteiger charge is -2.19. The van der Waals surface area contributed by atoms with E-state index in [-0.39, 0.29) is 10.5 Å².